The standard InChI is InChI=1S/C27H25Cl2FN4O3/c1-33-24-12-19(27(35)36)20(29)13-23(24)31-25(33)14-34-9-7-16(8-10-34)22-3-2-4-26(32-22)37-15-17-5-6-18(28)11-21(17)30/h2-6,11-13,16H,7-10,14-15H2,1H3,(H,35,36). The first-order valence-electron chi connectivity index (χ1n) is 11.9. The van der Waals surface area contributed by atoms with Crippen LogP contribution >= 0.6 is 23.2 Å². The summed E-state index contributed by atoms with van der Waals surface area (Å²) in [4.78, 5) is 23.1. The van der Waals surface area contributed by atoms with Crippen molar-refractivity contribution in [3.8, 4) is 5.88 Å². The molecule has 0 saturated carbocycles. The first-order chi connectivity index (χ1) is 17.8. The monoisotopic (exact) mass is 542 g/mol. The van der Waals surface area contributed by atoms with Crippen LogP contribution < -0.4 is 4.74 Å². The number of hydrogen-bond donors (Lipinski definition) is 1. The number of likely N-dealkylation sites (tertiary alicyclic amines) is 1. The fraction of sp³-hybridized carbons (Fsp3) is 0.296. The molecule has 0 bridgehead atoms. The Hall–Kier alpha value is -3.20. The van der Waals surface area contributed by atoms with Crippen LogP contribution in [0.5, 0.6) is 5.88 Å². The van der Waals surface area contributed by atoms with Crippen molar-refractivity contribution in [2.24, 2.45) is 7.05 Å². The highest BCUT2D eigenvalue weighted by molar-refractivity contribution is 6.34. The highest BCUT2D eigenvalue weighted by Gasteiger charge is 2.24. The molecule has 1 saturated heterocycles. The number of carboxylic acid groups (broad SMARTS) is 1. The van der Waals surface area contributed by atoms with E-state index in [9.17, 15) is 14.3 Å². The molecule has 7 nitrogen and oxygen atoms in total. The summed E-state index contributed by atoms with van der Waals surface area (Å²) in [6, 6.07) is 13.4. The average Bonchev–Trinajstić information content (AvgIpc) is 3.17. The topological polar surface area (TPSA) is 80.5 Å². The third-order valence-electron chi connectivity index (χ3n) is 6.80. The number of benzene rings is 2. The van der Waals surface area contributed by atoms with E-state index in [1.165, 1.54) is 6.07 Å². The lowest BCUT2D eigenvalue weighted by atomic mass is 9.93. The maximum atomic E-state index is 14.0. The van der Waals surface area contributed by atoms with E-state index in [-0.39, 0.29) is 17.2 Å². The van der Waals surface area contributed by atoms with Gasteiger partial charge in [-0.1, -0.05) is 35.3 Å². The van der Waals surface area contributed by atoms with Crippen LogP contribution in [-0.4, -0.2) is 43.6 Å². The quantitative estimate of drug-likeness (QED) is 0.305. The SMILES string of the molecule is Cn1c(CN2CCC(c3cccc(OCc4ccc(Cl)cc4F)n3)CC2)nc2cc(Cl)c(C(=O)O)cc21. The van der Waals surface area contributed by atoms with Crippen LogP contribution in [0.1, 0.15) is 46.2 Å². The van der Waals surface area contributed by atoms with Crippen molar-refractivity contribution < 1.29 is 19.0 Å². The van der Waals surface area contributed by atoms with E-state index in [4.69, 9.17) is 32.9 Å². The number of pyridine rings is 1. The molecule has 2 aromatic heterocycles. The Balaban J connectivity index is 1.21. The van der Waals surface area contributed by atoms with Gasteiger partial charge in [-0.15, -0.1) is 0 Å². The maximum Gasteiger partial charge on any atom is 0.337 e. The van der Waals surface area contributed by atoms with Gasteiger partial charge in [0.1, 0.15) is 18.2 Å². The Morgan fingerprint density at radius 3 is 2.65 bits per heavy atom. The van der Waals surface area contributed by atoms with Crippen LogP contribution in [0.3, 0.4) is 0 Å². The van der Waals surface area contributed by atoms with Gasteiger partial charge in [-0.05, 0) is 56.3 Å². The van der Waals surface area contributed by atoms with Gasteiger partial charge in [0, 0.05) is 35.3 Å². The second-order valence-electron chi connectivity index (χ2n) is 9.19. The van der Waals surface area contributed by atoms with E-state index in [2.05, 4.69) is 9.88 Å². The van der Waals surface area contributed by atoms with E-state index < -0.39 is 11.8 Å². The van der Waals surface area contributed by atoms with Crippen LogP contribution in [0.2, 0.25) is 10.0 Å². The Labute approximate surface area is 223 Å². The summed E-state index contributed by atoms with van der Waals surface area (Å²) in [6.45, 7) is 2.48. The molecule has 1 fully saturated rings. The number of piperidine rings is 1. The zero-order chi connectivity index (χ0) is 26.1. The van der Waals surface area contributed by atoms with Crippen LogP contribution in [0, 0.1) is 5.82 Å². The third kappa shape index (κ3) is 5.56. The van der Waals surface area contributed by atoms with Gasteiger partial charge in [0.2, 0.25) is 5.88 Å². The molecule has 37 heavy (non-hydrogen) atoms. The number of nitrogens with zero attached hydrogens (tertiary/aromatic N) is 4. The lowest BCUT2D eigenvalue weighted by molar-refractivity contribution is 0.0697. The molecule has 3 heterocycles. The number of rotatable bonds is 7. The van der Waals surface area contributed by atoms with Crippen molar-refractivity contribution in [1.29, 1.82) is 0 Å². The number of aryl methyl sites for hydroxylation is 1. The molecule has 0 amide bonds. The van der Waals surface area contributed by atoms with Gasteiger partial charge < -0.3 is 14.4 Å². The number of carboxylic acids is 1. The molecule has 10 heteroatoms. The first-order valence-corrected chi connectivity index (χ1v) is 12.7. The predicted octanol–water partition coefficient (Wildman–Crippen LogP) is 6.07. The summed E-state index contributed by atoms with van der Waals surface area (Å²) in [5.74, 6) is 0.159. The minimum atomic E-state index is -1.06. The number of aromatic nitrogens is 3. The predicted molar refractivity (Wildman–Crippen MR) is 140 cm³/mol. The third-order valence-corrected chi connectivity index (χ3v) is 7.35. The van der Waals surface area contributed by atoms with E-state index in [0.29, 0.717) is 34.4 Å². The molecule has 1 aliphatic heterocycles. The van der Waals surface area contributed by atoms with Gasteiger partial charge >= 0.3 is 5.97 Å². The maximum absolute atomic E-state index is 14.0. The van der Waals surface area contributed by atoms with Crippen LogP contribution in [0.25, 0.3) is 11.0 Å². The van der Waals surface area contributed by atoms with Crippen molar-refractivity contribution in [1.82, 2.24) is 19.4 Å². The molecule has 2 aromatic carbocycles. The van der Waals surface area contributed by atoms with Gasteiger partial charge in [0.05, 0.1) is 28.2 Å². The fourth-order valence-corrected chi connectivity index (χ4v) is 5.08. The van der Waals surface area contributed by atoms with Crippen molar-refractivity contribution >= 4 is 40.2 Å². The number of aromatic carboxylic acids is 1. The molecule has 192 valence electrons. The molecule has 0 radical (unpaired) electrons. The molecule has 5 rings (SSSR count). The van der Waals surface area contributed by atoms with E-state index >= 15 is 0 Å². The van der Waals surface area contributed by atoms with Gasteiger partial charge in [0.25, 0.3) is 0 Å². The summed E-state index contributed by atoms with van der Waals surface area (Å²) in [5.41, 5.74) is 2.88. The zero-order valence-electron chi connectivity index (χ0n) is 20.1. The Morgan fingerprint density at radius 2 is 1.92 bits per heavy atom. The van der Waals surface area contributed by atoms with Gasteiger partial charge in [-0.25, -0.2) is 19.2 Å². The Kier molecular flexibility index (Phi) is 7.33. The number of carbonyl (C=O) groups is 1. The molecule has 0 atom stereocenters. The summed E-state index contributed by atoms with van der Waals surface area (Å²) < 4.78 is 21.7. The smallest absolute Gasteiger partial charge is 0.337 e. The molecule has 1 aliphatic rings. The van der Waals surface area contributed by atoms with Gasteiger partial charge in [-0.2, -0.15) is 0 Å². The molecular formula is C27H25Cl2FN4O3. The van der Waals surface area contributed by atoms with Gasteiger partial charge in [0.15, 0.2) is 0 Å². The Bertz CT molecular complexity index is 1470. The largest absolute Gasteiger partial charge is 0.478 e. The highest BCUT2D eigenvalue weighted by atomic mass is 35.5. The van der Waals surface area contributed by atoms with Gasteiger partial charge in [-0.3, -0.25) is 4.90 Å². The molecule has 0 aliphatic carbocycles. The second kappa shape index (κ2) is 10.7. The molecule has 4 aromatic rings. The molecule has 0 spiro atoms. The van der Waals surface area contributed by atoms with Crippen molar-refractivity contribution in [2.75, 3.05) is 13.1 Å². The summed E-state index contributed by atoms with van der Waals surface area (Å²) in [6.07, 6.45) is 1.86. The number of imidazole rings is 1. The molecule has 1 N–H and O–H groups in total. The highest BCUT2D eigenvalue weighted by Crippen LogP contribution is 2.30. The lowest BCUT2D eigenvalue weighted by Gasteiger charge is -2.31. The van der Waals surface area contributed by atoms with Crippen molar-refractivity contribution in [3.05, 3.63) is 87.0 Å². The fourth-order valence-electron chi connectivity index (χ4n) is 4.68. The molecule has 0 unspecified atom stereocenters. The van der Waals surface area contributed by atoms with Crippen LogP contribution in [-0.2, 0) is 20.2 Å². The van der Waals surface area contributed by atoms with E-state index in [1.807, 2.05) is 23.7 Å². The van der Waals surface area contributed by atoms with Crippen molar-refractivity contribution in [3.63, 3.8) is 0 Å². The second-order valence-corrected chi connectivity index (χ2v) is 10.0. The van der Waals surface area contributed by atoms with Crippen molar-refractivity contribution in [2.45, 2.75) is 31.9 Å². The normalized spacial score (nSPS) is 14.8. The van der Waals surface area contributed by atoms with E-state index in [0.717, 1.165) is 43.0 Å². The first kappa shape index (κ1) is 25.4. The average molecular weight is 543 g/mol. The van der Waals surface area contributed by atoms with E-state index in [1.54, 1.807) is 30.3 Å². The summed E-state index contributed by atoms with van der Waals surface area (Å²) in [7, 11) is 1.89. The minimum Gasteiger partial charge on any atom is -0.478 e. The Morgan fingerprint density at radius 1 is 1.14 bits per heavy atom. The molecular weight excluding hydrogens is 518 g/mol. The minimum absolute atomic E-state index is 0.0709. The van der Waals surface area contributed by atoms with Crippen LogP contribution in [0.15, 0.2) is 48.5 Å². The lowest BCUT2D eigenvalue weighted by Crippen LogP contribution is -2.33. The number of hydrogen-bond acceptors (Lipinski definition) is 5. The summed E-state index contributed by atoms with van der Waals surface area (Å²) >= 11 is 11.9. The van der Waals surface area contributed by atoms with Crippen LogP contribution in [0.4, 0.5) is 4.39 Å². The number of halogens is 3. The number of ether oxygens (including phenoxy) is 1. The zero-order valence-corrected chi connectivity index (χ0v) is 21.6. The summed E-state index contributed by atoms with van der Waals surface area (Å²) in [5, 5.41) is 9.90. The number of fused-ring (bicyclic) bond motifs is 1.